The van der Waals surface area contributed by atoms with Gasteiger partial charge >= 0.3 is 0 Å². The van der Waals surface area contributed by atoms with Gasteiger partial charge in [-0.05, 0) is 49.3 Å². The van der Waals surface area contributed by atoms with Crippen molar-refractivity contribution < 1.29 is 0 Å². The summed E-state index contributed by atoms with van der Waals surface area (Å²) in [6, 6.07) is 6.33. The fraction of sp³-hybridized carbons (Fsp3) is 0.538. The summed E-state index contributed by atoms with van der Waals surface area (Å²) in [4.78, 5) is 0. The summed E-state index contributed by atoms with van der Waals surface area (Å²) in [7, 11) is 0. The Hall–Kier alpha value is -0.890. The number of nitrogens with two attached hydrogens (primary N) is 1. The largest absolute Gasteiger partial charge is 0.397 e. The fourth-order valence-electron chi connectivity index (χ4n) is 3.29. The highest BCUT2D eigenvalue weighted by Gasteiger charge is 2.39. The molecule has 0 spiro atoms. The molecule has 3 heteroatoms. The normalized spacial score (nSPS) is 31.9. The van der Waals surface area contributed by atoms with Crippen LogP contribution in [0.1, 0.15) is 25.7 Å². The highest BCUT2D eigenvalue weighted by Crippen LogP contribution is 2.45. The van der Waals surface area contributed by atoms with Gasteiger partial charge in [-0.2, -0.15) is 0 Å². The second kappa shape index (κ2) is 3.85. The lowest BCUT2D eigenvalue weighted by Gasteiger charge is -2.24. The van der Waals surface area contributed by atoms with Crippen LogP contribution in [-0.4, -0.2) is 6.04 Å². The summed E-state index contributed by atoms with van der Waals surface area (Å²) in [6.07, 6.45) is 5.53. The molecule has 0 heterocycles. The number of benzene rings is 1. The van der Waals surface area contributed by atoms with E-state index >= 15 is 0 Å². The smallest absolute Gasteiger partial charge is 0.0577 e. The van der Waals surface area contributed by atoms with E-state index in [0.717, 1.165) is 23.2 Å². The molecule has 2 nitrogen and oxygen atoms in total. The van der Waals surface area contributed by atoms with Gasteiger partial charge in [0.05, 0.1) is 11.4 Å². The lowest BCUT2D eigenvalue weighted by atomic mass is 9.95. The maximum Gasteiger partial charge on any atom is 0.0577 e. The predicted molar refractivity (Wildman–Crippen MR) is 68.7 cm³/mol. The van der Waals surface area contributed by atoms with Gasteiger partial charge in [0.1, 0.15) is 0 Å². The molecule has 3 unspecified atom stereocenters. The van der Waals surface area contributed by atoms with Gasteiger partial charge < -0.3 is 11.1 Å². The first-order valence-electron chi connectivity index (χ1n) is 6.04. The standard InChI is InChI=1S/C13H17ClN2/c14-10-3-4-12(11(15)7-10)16-13-6-8-1-2-9(13)5-8/h3-4,7-9,13,16H,1-2,5-6,15H2. The van der Waals surface area contributed by atoms with Crippen LogP contribution in [0, 0.1) is 11.8 Å². The number of nitrogens with one attached hydrogen (secondary N) is 1. The first-order valence-corrected chi connectivity index (χ1v) is 6.42. The van der Waals surface area contributed by atoms with E-state index < -0.39 is 0 Å². The number of anilines is 2. The minimum absolute atomic E-state index is 0.627. The maximum absolute atomic E-state index is 5.95. The molecule has 0 radical (unpaired) electrons. The highest BCUT2D eigenvalue weighted by atomic mass is 35.5. The lowest BCUT2D eigenvalue weighted by Crippen LogP contribution is -2.26. The van der Waals surface area contributed by atoms with Crippen molar-refractivity contribution in [3.8, 4) is 0 Å². The van der Waals surface area contributed by atoms with Crippen molar-refractivity contribution in [3.05, 3.63) is 23.2 Å². The number of hydrogen-bond donors (Lipinski definition) is 2. The summed E-state index contributed by atoms with van der Waals surface area (Å²) >= 11 is 5.89. The van der Waals surface area contributed by atoms with E-state index in [1.54, 1.807) is 0 Å². The molecule has 3 N–H and O–H groups in total. The highest BCUT2D eigenvalue weighted by molar-refractivity contribution is 6.31. The summed E-state index contributed by atoms with van der Waals surface area (Å²) in [5, 5.41) is 4.29. The summed E-state index contributed by atoms with van der Waals surface area (Å²) in [6.45, 7) is 0. The van der Waals surface area contributed by atoms with Crippen LogP contribution < -0.4 is 11.1 Å². The number of nitrogen functional groups attached to an aromatic ring is 1. The lowest BCUT2D eigenvalue weighted by molar-refractivity contribution is 0.440. The summed E-state index contributed by atoms with van der Waals surface area (Å²) in [5.74, 6) is 1.82. The molecule has 0 aromatic heterocycles. The molecule has 2 aliphatic rings. The van der Waals surface area contributed by atoms with Gasteiger partial charge in [0.2, 0.25) is 0 Å². The number of fused-ring (bicyclic) bond motifs is 2. The third kappa shape index (κ3) is 1.75. The van der Waals surface area contributed by atoms with Crippen LogP contribution in [0.2, 0.25) is 5.02 Å². The Kier molecular flexibility index (Phi) is 2.47. The van der Waals surface area contributed by atoms with E-state index in [9.17, 15) is 0 Å². The third-order valence-electron chi connectivity index (χ3n) is 4.09. The molecule has 0 amide bonds. The van der Waals surface area contributed by atoms with Gasteiger partial charge in [0.25, 0.3) is 0 Å². The van der Waals surface area contributed by atoms with Crippen LogP contribution in [0.4, 0.5) is 11.4 Å². The molecule has 2 saturated carbocycles. The summed E-state index contributed by atoms with van der Waals surface area (Å²) < 4.78 is 0. The van der Waals surface area contributed by atoms with Crippen molar-refractivity contribution in [2.24, 2.45) is 11.8 Å². The molecule has 0 saturated heterocycles. The van der Waals surface area contributed by atoms with Crippen LogP contribution in [0.15, 0.2) is 18.2 Å². The van der Waals surface area contributed by atoms with Gasteiger partial charge in [-0.25, -0.2) is 0 Å². The second-order valence-corrected chi connectivity index (χ2v) is 5.59. The Balaban J connectivity index is 1.74. The Morgan fingerprint density at radius 2 is 2.12 bits per heavy atom. The van der Waals surface area contributed by atoms with Gasteiger partial charge in [-0.1, -0.05) is 18.0 Å². The average Bonchev–Trinajstić information content (AvgIpc) is 2.84. The molecular formula is C13H17ClN2. The van der Waals surface area contributed by atoms with Crippen molar-refractivity contribution in [1.29, 1.82) is 0 Å². The maximum atomic E-state index is 5.95. The Bertz CT molecular complexity index is 405. The number of rotatable bonds is 2. The molecule has 2 fully saturated rings. The molecule has 2 aliphatic carbocycles. The minimum atomic E-state index is 0.627. The van der Waals surface area contributed by atoms with Gasteiger partial charge in [0, 0.05) is 11.1 Å². The van der Waals surface area contributed by atoms with E-state index in [2.05, 4.69) is 5.32 Å². The quantitative estimate of drug-likeness (QED) is 0.771. The SMILES string of the molecule is Nc1cc(Cl)ccc1NC1CC2CCC1C2. The van der Waals surface area contributed by atoms with Crippen LogP contribution in [-0.2, 0) is 0 Å². The Labute approximate surface area is 101 Å². The molecule has 3 atom stereocenters. The van der Waals surface area contributed by atoms with Gasteiger partial charge in [-0.15, -0.1) is 0 Å². The molecule has 1 aromatic rings. The summed E-state index contributed by atoms with van der Waals surface area (Å²) in [5.41, 5.74) is 7.75. The topological polar surface area (TPSA) is 38.0 Å². The van der Waals surface area contributed by atoms with Crippen molar-refractivity contribution in [2.45, 2.75) is 31.7 Å². The van der Waals surface area contributed by atoms with E-state index in [0.29, 0.717) is 11.1 Å². The molecule has 0 aliphatic heterocycles. The molecule has 2 bridgehead atoms. The Morgan fingerprint density at radius 3 is 2.75 bits per heavy atom. The van der Waals surface area contributed by atoms with E-state index in [1.165, 1.54) is 25.7 Å². The van der Waals surface area contributed by atoms with Crippen molar-refractivity contribution in [3.63, 3.8) is 0 Å². The number of hydrogen-bond acceptors (Lipinski definition) is 2. The zero-order valence-corrected chi connectivity index (χ0v) is 10.0. The van der Waals surface area contributed by atoms with Crippen LogP contribution >= 0.6 is 11.6 Å². The molecule has 16 heavy (non-hydrogen) atoms. The average molecular weight is 237 g/mol. The molecule has 1 aromatic carbocycles. The minimum Gasteiger partial charge on any atom is -0.397 e. The van der Waals surface area contributed by atoms with E-state index in [1.807, 2.05) is 18.2 Å². The van der Waals surface area contributed by atoms with Crippen molar-refractivity contribution in [2.75, 3.05) is 11.1 Å². The van der Waals surface area contributed by atoms with E-state index in [-0.39, 0.29) is 0 Å². The first kappa shape index (κ1) is 10.3. The van der Waals surface area contributed by atoms with Crippen LogP contribution in [0.25, 0.3) is 0 Å². The Morgan fingerprint density at radius 1 is 1.25 bits per heavy atom. The zero-order chi connectivity index (χ0) is 11.1. The fourth-order valence-corrected chi connectivity index (χ4v) is 3.47. The van der Waals surface area contributed by atoms with Crippen LogP contribution in [0.3, 0.4) is 0 Å². The van der Waals surface area contributed by atoms with Gasteiger partial charge in [0.15, 0.2) is 0 Å². The predicted octanol–water partition coefficient (Wildman–Crippen LogP) is 3.52. The van der Waals surface area contributed by atoms with Crippen LogP contribution in [0.5, 0.6) is 0 Å². The zero-order valence-electron chi connectivity index (χ0n) is 9.25. The monoisotopic (exact) mass is 236 g/mol. The first-order chi connectivity index (χ1) is 7.72. The molecule has 86 valence electrons. The molecular weight excluding hydrogens is 220 g/mol. The second-order valence-electron chi connectivity index (χ2n) is 5.16. The van der Waals surface area contributed by atoms with Crippen molar-refractivity contribution in [1.82, 2.24) is 0 Å². The van der Waals surface area contributed by atoms with Gasteiger partial charge in [-0.3, -0.25) is 0 Å². The van der Waals surface area contributed by atoms with Crippen molar-refractivity contribution >= 4 is 23.0 Å². The molecule has 3 rings (SSSR count). The number of halogens is 1. The third-order valence-corrected chi connectivity index (χ3v) is 4.33. The van der Waals surface area contributed by atoms with E-state index in [4.69, 9.17) is 17.3 Å².